The summed E-state index contributed by atoms with van der Waals surface area (Å²) in [5.74, 6) is -0.416. The van der Waals surface area contributed by atoms with Crippen molar-refractivity contribution in [2.24, 2.45) is 0 Å². The normalized spacial score (nSPS) is 10.7. The Kier molecular flexibility index (Phi) is 8.18. The highest BCUT2D eigenvalue weighted by Crippen LogP contribution is 2.26. The van der Waals surface area contributed by atoms with Crippen LogP contribution >= 0.6 is 11.6 Å². The molecule has 7 heteroatoms. The third kappa shape index (κ3) is 5.70. The number of rotatable bonds is 7. The van der Waals surface area contributed by atoms with Gasteiger partial charge in [0.2, 0.25) is 11.8 Å². The summed E-state index contributed by atoms with van der Waals surface area (Å²) in [7, 11) is 3.24. The molecule has 0 saturated carbocycles. The van der Waals surface area contributed by atoms with Gasteiger partial charge in [0.05, 0.1) is 6.54 Å². The maximum absolute atomic E-state index is 12.5. The molecular weight excluding hydrogens is 402 g/mol. The lowest BCUT2D eigenvalue weighted by Crippen LogP contribution is -2.38. The fraction of sp³-hybridized carbons (Fsp3) is 0.261. The Morgan fingerprint density at radius 3 is 2.33 bits per heavy atom. The van der Waals surface area contributed by atoms with Crippen molar-refractivity contribution < 1.29 is 14.4 Å². The van der Waals surface area contributed by atoms with Gasteiger partial charge in [-0.1, -0.05) is 18.2 Å². The molecule has 0 heterocycles. The smallest absolute Gasteiger partial charge is 0.251 e. The minimum atomic E-state index is -0.380. The Morgan fingerprint density at radius 1 is 1.07 bits per heavy atom. The lowest BCUT2D eigenvalue weighted by Gasteiger charge is -2.22. The predicted octanol–water partition coefficient (Wildman–Crippen LogP) is 3.19. The van der Waals surface area contributed by atoms with Gasteiger partial charge in [-0.05, 0) is 60.4 Å². The van der Waals surface area contributed by atoms with E-state index >= 15 is 0 Å². The van der Waals surface area contributed by atoms with E-state index < -0.39 is 0 Å². The Morgan fingerprint density at radius 2 is 1.73 bits per heavy atom. The second-order valence-corrected chi connectivity index (χ2v) is 7.11. The number of nitrogens with one attached hydrogen (secondary N) is 2. The number of hydrogen-bond acceptors (Lipinski definition) is 3. The first-order valence-electron chi connectivity index (χ1n) is 9.48. The van der Waals surface area contributed by atoms with Crippen molar-refractivity contribution in [3.63, 3.8) is 0 Å². The van der Waals surface area contributed by atoms with Crippen molar-refractivity contribution >= 4 is 41.1 Å². The summed E-state index contributed by atoms with van der Waals surface area (Å²) >= 11 is 6.03. The monoisotopic (exact) mass is 427 g/mol. The average Bonchev–Trinajstić information content (AvgIpc) is 2.75. The molecule has 2 aromatic carbocycles. The molecule has 0 aliphatic rings. The summed E-state index contributed by atoms with van der Waals surface area (Å²) in [6, 6.07) is 10.6. The molecule has 158 valence electrons. The van der Waals surface area contributed by atoms with Gasteiger partial charge < -0.3 is 15.5 Å². The van der Waals surface area contributed by atoms with Crippen LogP contribution in [-0.4, -0.2) is 38.4 Å². The van der Waals surface area contributed by atoms with Crippen LogP contribution in [0.1, 0.15) is 32.6 Å². The highest BCUT2D eigenvalue weighted by molar-refractivity contribution is 6.17. The van der Waals surface area contributed by atoms with Crippen molar-refractivity contribution in [3.8, 4) is 0 Å². The Hall–Kier alpha value is -3.12. The number of nitrogens with zero attached hydrogens (tertiary/aromatic N) is 1. The van der Waals surface area contributed by atoms with E-state index in [-0.39, 0.29) is 24.3 Å². The standard InChI is InChI=1S/C23H26ClN3O3/c1-15-5-11-20(16(2)19(15)13-24)27(4)22(29)14-26-21(28)12-8-17-6-9-18(10-7-17)23(30)25-3/h5-12H,13-14H2,1-4H3,(H,25,30)(H,26,28)/b12-8+. The molecule has 0 aliphatic heterocycles. The van der Waals surface area contributed by atoms with Crippen molar-refractivity contribution in [2.45, 2.75) is 19.7 Å². The second-order valence-electron chi connectivity index (χ2n) is 6.84. The third-order valence-electron chi connectivity index (χ3n) is 4.91. The van der Waals surface area contributed by atoms with Gasteiger partial charge in [0.25, 0.3) is 5.91 Å². The van der Waals surface area contributed by atoms with Crippen LogP contribution in [-0.2, 0) is 15.5 Å². The molecule has 0 fully saturated rings. The van der Waals surface area contributed by atoms with E-state index in [1.54, 1.807) is 44.4 Å². The summed E-state index contributed by atoms with van der Waals surface area (Å²) in [4.78, 5) is 37.6. The van der Waals surface area contributed by atoms with Crippen molar-refractivity contribution in [1.82, 2.24) is 10.6 Å². The number of amides is 3. The number of halogens is 1. The molecule has 0 atom stereocenters. The van der Waals surface area contributed by atoms with Crippen molar-refractivity contribution in [2.75, 3.05) is 25.5 Å². The zero-order valence-corrected chi connectivity index (χ0v) is 18.3. The summed E-state index contributed by atoms with van der Waals surface area (Å²) in [5, 5.41) is 5.14. The molecule has 2 N–H and O–H groups in total. The first kappa shape index (κ1) is 23.2. The van der Waals surface area contributed by atoms with Gasteiger partial charge in [0.15, 0.2) is 0 Å². The fourth-order valence-electron chi connectivity index (χ4n) is 2.99. The molecule has 30 heavy (non-hydrogen) atoms. The molecule has 0 bridgehead atoms. The van der Waals surface area contributed by atoms with Crippen LogP contribution in [0.25, 0.3) is 6.08 Å². The van der Waals surface area contributed by atoms with Crippen LogP contribution in [0.5, 0.6) is 0 Å². The molecule has 0 radical (unpaired) electrons. The lowest BCUT2D eigenvalue weighted by molar-refractivity contribution is -0.122. The van der Waals surface area contributed by atoms with Crippen LogP contribution in [0, 0.1) is 13.8 Å². The molecule has 0 aliphatic carbocycles. The zero-order valence-electron chi connectivity index (χ0n) is 17.6. The van der Waals surface area contributed by atoms with Crippen LogP contribution < -0.4 is 15.5 Å². The van der Waals surface area contributed by atoms with E-state index in [1.807, 2.05) is 26.0 Å². The number of benzene rings is 2. The van der Waals surface area contributed by atoms with Crippen LogP contribution in [0.15, 0.2) is 42.5 Å². The number of alkyl halides is 1. The van der Waals surface area contributed by atoms with E-state index in [0.717, 1.165) is 27.9 Å². The third-order valence-corrected chi connectivity index (χ3v) is 5.18. The summed E-state index contributed by atoms with van der Waals surface area (Å²) in [5.41, 5.74) is 5.10. The van der Waals surface area contributed by atoms with Crippen LogP contribution in [0.3, 0.4) is 0 Å². The van der Waals surface area contributed by atoms with E-state index in [4.69, 9.17) is 11.6 Å². The molecule has 0 aromatic heterocycles. The van der Waals surface area contributed by atoms with Crippen LogP contribution in [0.2, 0.25) is 0 Å². The fourth-order valence-corrected chi connectivity index (χ4v) is 3.40. The number of hydrogen-bond donors (Lipinski definition) is 2. The maximum Gasteiger partial charge on any atom is 0.251 e. The number of likely N-dealkylation sites (N-methyl/N-ethyl adjacent to an activating group) is 1. The van der Waals surface area contributed by atoms with Gasteiger partial charge in [-0.25, -0.2) is 0 Å². The topological polar surface area (TPSA) is 78.5 Å². The highest BCUT2D eigenvalue weighted by atomic mass is 35.5. The molecule has 0 unspecified atom stereocenters. The maximum atomic E-state index is 12.5. The van der Waals surface area contributed by atoms with Gasteiger partial charge in [-0.2, -0.15) is 0 Å². The Balaban J connectivity index is 1.95. The number of carbonyl (C=O) groups excluding carboxylic acids is 3. The molecule has 2 rings (SSSR count). The summed E-state index contributed by atoms with van der Waals surface area (Å²) < 4.78 is 0. The van der Waals surface area contributed by atoms with E-state index in [9.17, 15) is 14.4 Å². The lowest BCUT2D eigenvalue weighted by atomic mass is 10.0. The number of anilines is 1. The second kappa shape index (κ2) is 10.6. The SMILES string of the molecule is CNC(=O)c1ccc(/C=C/C(=O)NCC(=O)N(C)c2ccc(C)c(CCl)c2C)cc1. The minimum absolute atomic E-state index is 0.126. The molecule has 3 amide bonds. The van der Waals surface area contributed by atoms with Crippen LogP contribution in [0.4, 0.5) is 5.69 Å². The van der Waals surface area contributed by atoms with Gasteiger partial charge in [0.1, 0.15) is 0 Å². The predicted molar refractivity (Wildman–Crippen MR) is 121 cm³/mol. The largest absolute Gasteiger partial charge is 0.355 e. The molecular formula is C23H26ClN3O3. The van der Waals surface area contributed by atoms with Crippen molar-refractivity contribution in [1.29, 1.82) is 0 Å². The van der Waals surface area contributed by atoms with Gasteiger partial charge in [-0.3, -0.25) is 14.4 Å². The highest BCUT2D eigenvalue weighted by Gasteiger charge is 2.16. The van der Waals surface area contributed by atoms with Gasteiger partial charge in [-0.15, -0.1) is 11.6 Å². The summed E-state index contributed by atoms with van der Waals surface area (Å²) in [6.45, 7) is 3.79. The Labute approximate surface area is 181 Å². The van der Waals surface area contributed by atoms with Gasteiger partial charge in [0, 0.05) is 37.3 Å². The number of carbonyl (C=O) groups is 3. The summed E-state index contributed by atoms with van der Waals surface area (Å²) in [6.07, 6.45) is 2.97. The first-order chi connectivity index (χ1) is 14.3. The molecule has 6 nitrogen and oxygen atoms in total. The average molecular weight is 428 g/mol. The first-order valence-corrected chi connectivity index (χ1v) is 10.0. The van der Waals surface area contributed by atoms with E-state index in [1.165, 1.54) is 11.0 Å². The quantitative estimate of drug-likeness (QED) is 0.526. The van der Waals surface area contributed by atoms with Crippen molar-refractivity contribution in [3.05, 3.63) is 70.3 Å². The van der Waals surface area contributed by atoms with E-state index in [2.05, 4.69) is 10.6 Å². The molecule has 0 spiro atoms. The Bertz CT molecular complexity index is 968. The van der Waals surface area contributed by atoms with Gasteiger partial charge >= 0.3 is 0 Å². The van der Waals surface area contributed by atoms with E-state index in [0.29, 0.717) is 11.4 Å². The zero-order chi connectivity index (χ0) is 22.3. The molecule has 2 aromatic rings. The molecule has 0 saturated heterocycles. The minimum Gasteiger partial charge on any atom is -0.355 e. The number of aryl methyl sites for hydroxylation is 1.